The highest BCUT2D eigenvalue weighted by atomic mass is 32.1. The van der Waals surface area contributed by atoms with Gasteiger partial charge >= 0.3 is 0 Å². The quantitative estimate of drug-likeness (QED) is 0.876. The second kappa shape index (κ2) is 6.10. The maximum Gasteiger partial charge on any atom is 0.125 e. The van der Waals surface area contributed by atoms with Gasteiger partial charge in [-0.15, -0.1) is 11.3 Å². The lowest BCUT2D eigenvalue weighted by atomic mass is 9.94. The third-order valence-corrected chi connectivity index (χ3v) is 5.40. The number of nitrogens with one attached hydrogen (secondary N) is 1. The summed E-state index contributed by atoms with van der Waals surface area (Å²) in [6.07, 6.45) is 4.45. The number of aromatic nitrogens is 1. The summed E-state index contributed by atoms with van der Waals surface area (Å²) in [5.41, 5.74) is 1.12. The van der Waals surface area contributed by atoms with Crippen molar-refractivity contribution in [2.24, 2.45) is 0 Å². The highest BCUT2D eigenvalue weighted by Gasteiger charge is 2.40. The van der Waals surface area contributed by atoms with Gasteiger partial charge in [-0.05, 0) is 26.8 Å². The average Bonchev–Trinajstić information content (AvgIpc) is 3.22. The molecule has 0 unspecified atom stereocenters. The molecule has 4 nitrogen and oxygen atoms in total. The van der Waals surface area contributed by atoms with Crippen LogP contribution in [0.4, 0.5) is 0 Å². The molecule has 2 aliphatic rings. The third-order valence-electron chi connectivity index (χ3n) is 4.14. The van der Waals surface area contributed by atoms with E-state index in [0.717, 1.165) is 39.2 Å². The number of hydrogen-bond acceptors (Lipinski definition) is 5. The number of rotatable bonds is 6. The van der Waals surface area contributed by atoms with Gasteiger partial charge in [0.25, 0.3) is 0 Å². The average molecular weight is 296 g/mol. The van der Waals surface area contributed by atoms with E-state index in [0.29, 0.717) is 5.92 Å². The minimum Gasteiger partial charge on any atom is -0.381 e. The zero-order valence-electron chi connectivity index (χ0n) is 12.4. The Kier molecular flexibility index (Phi) is 4.40. The van der Waals surface area contributed by atoms with Crippen LogP contribution in [-0.4, -0.2) is 31.9 Å². The van der Waals surface area contributed by atoms with Crippen LogP contribution in [0.5, 0.6) is 0 Å². The highest BCUT2D eigenvalue weighted by Crippen LogP contribution is 2.46. The maximum absolute atomic E-state index is 6.15. The van der Waals surface area contributed by atoms with Gasteiger partial charge in [-0.1, -0.05) is 0 Å². The van der Waals surface area contributed by atoms with Gasteiger partial charge < -0.3 is 14.8 Å². The Balaban J connectivity index is 1.91. The van der Waals surface area contributed by atoms with Crippen LogP contribution in [0.2, 0.25) is 0 Å². The molecule has 2 fully saturated rings. The molecule has 0 radical (unpaired) electrons. The van der Waals surface area contributed by atoms with Crippen LogP contribution in [0.1, 0.15) is 54.1 Å². The van der Waals surface area contributed by atoms with E-state index < -0.39 is 0 Å². The molecule has 1 aromatic rings. The molecular formula is C15H24N2O2S. The molecule has 112 valence electrons. The highest BCUT2D eigenvalue weighted by molar-refractivity contribution is 7.11. The van der Waals surface area contributed by atoms with Crippen molar-refractivity contribution < 1.29 is 9.47 Å². The molecule has 0 amide bonds. The summed E-state index contributed by atoms with van der Waals surface area (Å²) >= 11 is 1.84. The first kappa shape index (κ1) is 14.4. The summed E-state index contributed by atoms with van der Waals surface area (Å²) in [4.78, 5) is 6.40. The van der Waals surface area contributed by atoms with Gasteiger partial charge in [0.2, 0.25) is 0 Å². The molecule has 1 aliphatic carbocycles. The Bertz CT molecular complexity index is 445. The van der Waals surface area contributed by atoms with Gasteiger partial charge in [-0.2, -0.15) is 0 Å². The third kappa shape index (κ3) is 2.77. The Hall–Kier alpha value is -0.490. The molecule has 0 spiro atoms. The summed E-state index contributed by atoms with van der Waals surface area (Å²) in [7, 11) is 2.00. The smallest absolute Gasteiger partial charge is 0.125 e. The molecule has 0 aromatic carbocycles. The van der Waals surface area contributed by atoms with Gasteiger partial charge in [-0.25, -0.2) is 4.98 Å². The molecule has 1 aromatic heterocycles. The van der Waals surface area contributed by atoms with Gasteiger partial charge in [-0.3, -0.25) is 0 Å². The molecule has 1 saturated heterocycles. The fourth-order valence-electron chi connectivity index (χ4n) is 2.92. The van der Waals surface area contributed by atoms with Crippen LogP contribution >= 0.6 is 11.3 Å². The van der Waals surface area contributed by atoms with Crippen LogP contribution in [0, 0.1) is 0 Å². The van der Waals surface area contributed by atoms with E-state index in [1.165, 1.54) is 28.4 Å². The van der Waals surface area contributed by atoms with Crippen molar-refractivity contribution >= 4 is 11.3 Å². The van der Waals surface area contributed by atoms with E-state index in [9.17, 15) is 0 Å². The zero-order chi connectivity index (χ0) is 14.0. The van der Waals surface area contributed by atoms with E-state index in [1.54, 1.807) is 0 Å². The summed E-state index contributed by atoms with van der Waals surface area (Å²) < 4.78 is 11.7. The Morgan fingerprint density at radius 1 is 1.40 bits per heavy atom. The largest absolute Gasteiger partial charge is 0.381 e. The predicted molar refractivity (Wildman–Crippen MR) is 80.2 cm³/mol. The van der Waals surface area contributed by atoms with Crippen molar-refractivity contribution in [3.8, 4) is 0 Å². The van der Waals surface area contributed by atoms with Gasteiger partial charge in [0, 0.05) is 50.0 Å². The standard InChI is InChI=1S/C15H24N2O2S/c1-3-19-15(6-8-18-9-7-15)14-17-13(11-4-5-11)12(20-14)10-16-2/h11,16H,3-10H2,1-2H3. The van der Waals surface area contributed by atoms with Crippen LogP contribution in [0.15, 0.2) is 0 Å². The van der Waals surface area contributed by atoms with Crippen LogP contribution in [-0.2, 0) is 21.6 Å². The van der Waals surface area contributed by atoms with Gasteiger partial charge in [0.1, 0.15) is 10.6 Å². The summed E-state index contributed by atoms with van der Waals surface area (Å²) in [5.74, 6) is 0.696. The molecule has 2 heterocycles. The van der Waals surface area contributed by atoms with E-state index in [-0.39, 0.29) is 5.60 Å². The first-order chi connectivity index (χ1) is 9.79. The summed E-state index contributed by atoms with van der Waals surface area (Å²) in [5, 5.41) is 4.45. The summed E-state index contributed by atoms with van der Waals surface area (Å²) in [6, 6.07) is 0. The van der Waals surface area contributed by atoms with Crippen molar-refractivity contribution in [3.63, 3.8) is 0 Å². The van der Waals surface area contributed by atoms with E-state index in [1.807, 2.05) is 18.4 Å². The van der Waals surface area contributed by atoms with Crippen LogP contribution < -0.4 is 5.32 Å². The molecule has 1 aliphatic heterocycles. The second-order valence-corrected chi connectivity index (χ2v) is 6.76. The maximum atomic E-state index is 6.15. The fraction of sp³-hybridized carbons (Fsp3) is 0.800. The monoisotopic (exact) mass is 296 g/mol. The van der Waals surface area contributed by atoms with E-state index in [4.69, 9.17) is 14.5 Å². The predicted octanol–water partition coefficient (Wildman–Crippen LogP) is 2.78. The Morgan fingerprint density at radius 2 is 2.15 bits per heavy atom. The number of hydrogen-bond donors (Lipinski definition) is 1. The molecule has 0 atom stereocenters. The Labute approximate surface area is 124 Å². The van der Waals surface area contributed by atoms with Crippen molar-refractivity contribution in [1.29, 1.82) is 0 Å². The van der Waals surface area contributed by atoms with Crippen LogP contribution in [0.25, 0.3) is 0 Å². The summed E-state index contributed by atoms with van der Waals surface area (Å²) in [6.45, 7) is 5.28. The normalized spacial score (nSPS) is 22.1. The minimum absolute atomic E-state index is 0.201. The number of thiazole rings is 1. The van der Waals surface area contributed by atoms with Crippen molar-refractivity contribution in [3.05, 3.63) is 15.6 Å². The van der Waals surface area contributed by atoms with Crippen molar-refractivity contribution in [2.45, 2.75) is 50.7 Å². The van der Waals surface area contributed by atoms with Gasteiger partial charge in [0.15, 0.2) is 0 Å². The van der Waals surface area contributed by atoms with Crippen LogP contribution in [0.3, 0.4) is 0 Å². The lowest BCUT2D eigenvalue weighted by Gasteiger charge is -2.35. The zero-order valence-corrected chi connectivity index (χ0v) is 13.2. The van der Waals surface area contributed by atoms with Crippen molar-refractivity contribution in [1.82, 2.24) is 10.3 Å². The molecule has 0 bridgehead atoms. The first-order valence-corrected chi connectivity index (χ1v) is 8.47. The number of nitrogens with zero attached hydrogens (tertiary/aromatic N) is 1. The van der Waals surface area contributed by atoms with E-state index >= 15 is 0 Å². The number of ether oxygens (including phenoxy) is 2. The molecule has 3 rings (SSSR count). The lowest BCUT2D eigenvalue weighted by Crippen LogP contribution is -2.36. The first-order valence-electron chi connectivity index (χ1n) is 7.65. The lowest BCUT2D eigenvalue weighted by molar-refractivity contribution is -0.112. The minimum atomic E-state index is -0.201. The van der Waals surface area contributed by atoms with Crippen molar-refractivity contribution in [2.75, 3.05) is 26.9 Å². The molecule has 5 heteroatoms. The Morgan fingerprint density at radius 3 is 2.75 bits per heavy atom. The van der Waals surface area contributed by atoms with E-state index in [2.05, 4.69) is 12.2 Å². The SMILES string of the molecule is CCOC1(c2nc(C3CC3)c(CNC)s2)CCOCC1. The van der Waals surface area contributed by atoms with Gasteiger partial charge in [0.05, 0.1) is 5.69 Å². The molecule has 1 saturated carbocycles. The molecular weight excluding hydrogens is 272 g/mol. The topological polar surface area (TPSA) is 43.4 Å². The fourth-order valence-corrected chi connectivity index (χ4v) is 4.28. The molecule has 1 N–H and O–H groups in total. The second-order valence-electron chi connectivity index (χ2n) is 5.67. The molecule has 20 heavy (non-hydrogen) atoms.